The van der Waals surface area contributed by atoms with Gasteiger partial charge < -0.3 is 5.32 Å². The minimum absolute atomic E-state index is 0.232. The summed E-state index contributed by atoms with van der Waals surface area (Å²) in [5.74, 6) is -0.728. The number of amides is 1. The lowest BCUT2D eigenvalue weighted by Crippen LogP contribution is -2.36. The SMILES string of the molecule is O=C(Cn1nc(-c2ccccc2)ccc1=O)NC(c1ccccc1)c1ccc(F)cc1. The third kappa shape index (κ3) is 4.93. The Morgan fingerprint density at radius 3 is 2.13 bits per heavy atom. The average Bonchev–Trinajstić information content (AvgIpc) is 2.81. The van der Waals surface area contributed by atoms with Gasteiger partial charge in [-0.25, -0.2) is 9.07 Å². The molecular weight excluding hydrogens is 393 g/mol. The lowest BCUT2D eigenvalue weighted by molar-refractivity contribution is -0.122. The van der Waals surface area contributed by atoms with E-state index >= 15 is 0 Å². The summed E-state index contributed by atoms with van der Waals surface area (Å²) in [6.07, 6.45) is 0. The van der Waals surface area contributed by atoms with Crippen LogP contribution >= 0.6 is 0 Å². The van der Waals surface area contributed by atoms with Crippen molar-refractivity contribution >= 4 is 5.91 Å². The van der Waals surface area contributed by atoms with E-state index in [-0.39, 0.29) is 23.8 Å². The molecule has 1 heterocycles. The highest BCUT2D eigenvalue weighted by molar-refractivity contribution is 5.76. The van der Waals surface area contributed by atoms with E-state index in [1.807, 2.05) is 60.7 Å². The van der Waals surface area contributed by atoms with E-state index in [2.05, 4.69) is 10.4 Å². The Morgan fingerprint density at radius 1 is 0.839 bits per heavy atom. The first kappa shape index (κ1) is 20.2. The number of aromatic nitrogens is 2. The van der Waals surface area contributed by atoms with Gasteiger partial charge in [0.2, 0.25) is 5.91 Å². The van der Waals surface area contributed by atoms with Crippen LogP contribution in [0.1, 0.15) is 17.2 Å². The summed E-state index contributed by atoms with van der Waals surface area (Å²) in [4.78, 5) is 25.1. The first-order valence-corrected chi connectivity index (χ1v) is 9.83. The van der Waals surface area contributed by atoms with E-state index in [9.17, 15) is 14.0 Å². The topological polar surface area (TPSA) is 64.0 Å². The second-order valence-corrected chi connectivity index (χ2v) is 7.04. The summed E-state index contributed by atoms with van der Waals surface area (Å²) >= 11 is 0. The van der Waals surface area contributed by atoms with E-state index in [0.717, 1.165) is 21.4 Å². The van der Waals surface area contributed by atoms with E-state index in [4.69, 9.17) is 0 Å². The van der Waals surface area contributed by atoms with Gasteiger partial charge in [-0.1, -0.05) is 72.8 Å². The standard InChI is InChI=1S/C25H20FN3O2/c26-21-13-11-20(12-14-21)25(19-9-5-2-6-10-19)27-23(30)17-29-24(31)16-15-22(28-29)18-7-3-1-4-8-18/h1-16,25H,17H2,(H,27,30). The van der Waals surface area contributed by atoms with Crippen LogP contribution in [0.3, 0.4) is 0 Å². The van der Waals surface area contributed by atoms with Crippen molar-refractivity contribution in [3.05, 3.63) is 124 Å². The first-order chi connectivity index (χ1) is 15.1. The van der Waals surface area contributed by atoms with Crippen molar-refractivity contribution in [3.8, 4) is 11.3 Å². The van der Waals surface area contributed by atoms with Crippen molar-refractivity contribution in [1.82, 2.24) is 15.1 Å². The molecule has 1 amide bonds. The fourth-order valence-corrected chi connectivity index (χ4v) is 3.33. The van der Waals surface area contributed by atoms with Gasteiger partial charge in [-0.3, -0.25) is 9.59 Å². The predicted molar refractivity (Wildman–Crippen MR) is 117 cm³/mol. The number of hydrogen-bond acceptors (Lipinski definition) is 3. The minimum Gasteiger partial charge on any atom is -0.344 e. The third-order valence-corrected chi connectivity index (χ3v) is 4.87. The van der Waals surface area contributed by atoms with Crippen LogP contribution in [0.2, 0.25) is 0 Å². The van der Waals surface area contributed by atoms with Crippen LogP contribution in [0, 0.1) is 5.82 Å². The third-order valence-electron chi connectivity index (χ3n) is 4.87. The summed E-state index contributed by atoms with van der Waals surface area (Å²) in [5, 5.41) is 7.28. The molecule has 1 unspecified atom stereocenters. The van der Waals surface area contributed by atoms with Crippen LogP contribution in [0.5, 0.6) is 0 Å². The Balaban J connectivity index is 1.59. The molecule has 31 heavy (non-hydrogen) atoms. The second kappa shape index (κ2) is 9.17. The molecule has 1 atom stereocenters. The Hall–Kier alpha value is -4.06. The highest BCUT2D eigenvalue weighted by Gasteiger charge is 2.18. The zero-order valence-electron chi connectivity index (χ0n) is 16.6. The number of hydrogen-bond donors (Lipinski definition) is 1. The quantitative estimate of drug-likeness (QED) is 0.521. The summed E-state index contributed by atoms with van der Waals surface area (Å²) in [6.45, 7) is -0.232. The lowest BCUT2D eigenvalue weighted by atomic mass is 9.98. The number of nitrogens with one attached hydrogen (secondary N) is 1. The molecule has 0 saturated heterocycles. The molecule has 6 heteroatoms. The number of carbonyl (C=O) groups is 1. The minimum atomic E-state index is -0.484. The summed E-state index contributed by atoms with van der Waals surface area (Å²) in [5.41, 5.74) is 2.67. The zero-order chi connectivity index (χ0) is 21.6. The zero-order valence-corrected chi connectivity index (χ0v) is 16.6. The van der Waals surface area contributed by atoms with Crippen molar-refractivity contribution < 1.29 is 9.18 Å². The van der Waals surface area contributed by atoms with E-state index < -0.39 is 6.04 Å². The van der Waals surface area contributed by atoms with E-state index in [1.165, 1.54) is 18.2 Å². The van der Waals surface area contributed by atoms with Crippen molar-refractivity contribution in [1.29, 1.82) is 0 Å². The average molecular weight is 413 g/mol. The van der Waals surface area contributed by atoms with Crippen molar-refractivity contribution in [2.75, 3.05) is 0 Å². The van der Waals surface area contributed by atoms with Gasteiger partial charge in [0, 0.05) is 11.6 Å². The molecule has 0 saturated carbocycles. The molecule has 3 aromatic carbocycles. The fourth-order valence-electron chi connectivity index (χ4n) is 3.33. The van der Waals surface area contributed by atoms with Gasteiger partial charge in [0.1, 0.15) is 12.4 Å². The lowest BCUT2D eigenvalue weighted by Gasteiger charge is -2.20. The van der Waals surface area contributed by atoms with Gasteiger partial charge in [0.05, 0.1) is 11.7 Å². The molecule has 4 rings (SSSR count). The van der Waals surface area contributed by atoms with Gasteiger partial charge in [-0.15, -0.1) is 0 Å². The van der Waals surface area contributed by atoms with Crippen LogP contribution in [0.4, 0.5) is 4.39 Å². The van der Waals surface area contributed by atoms with E-state index in [1.54, 1.807) is 18.2 Å². The summed E-state index contributed by atoms with van der Waals surface area (Å²) in [7, 11) is 0. The molecule has 0 aliphatic carbocycles. The van der Waals surface area contributed by atoms with Gasteiger partial charge >= 0.3 is 0 Å². The highest BCUT2D eigenvalue weighted by atomic mass is 19.1. The van der Waals surface area contributed by atoms with Crippen molar-refractivity contribution in [2.24, 2.45) is 0 Å². The molecule has 0 aliphatic heterocycles. The Kier molecular flexibility index (Phi) is 5.98. The normalized spacial score (nSPS) is 11.6. The number of benzene rings is 3. The molecule has 0 radical (unpaired) electrons. The molecule has 0 bridgehead atoms. The smallest absolute Gasteiger partial charge is 0.267 e. The number of nitrogens with zero attached hydrogens (tertiary/aromatic N) is 2. The number of halogens is 1. The Morgan fingerprint density at radius 2 is 1.45 bits per heavy atom. The molecule has 0 fully saturated rings. The maximum absolute atomic E-state index is 13.4. The molecule has 0 spiro atoms. The maximum Gasteiger partial charge on any atom is 0.267 e. The van der Waals surface area contributed by atoms with Gasteiger partial charge in [0.15, 0.2) is 0 Å². The van der Waals surface area contributed by atoms with Gasteiger partial charge in [-0.2, -0.15) is 5.10 Å². The molecule has 1 N–H and O–H groups in total. The second-order valence-electron chi connectivity index (χ2n) is 7.04. The van der Waals surface area contributed by atoms with Crippen molar-refractivity contribution in [2.45, 2.75) is 12.6 Å². The fraction of sp³-hybridized carbons (Fsp3) is 0.0800. The van der Waals surface area contributed by atoms with E-state index in [0.29, 0.717) is 5.69 Å². The molecular formula is C25H20FN3O2. The van der Waals surface area contributed by atoms with Gasteiger partial charge in [0.25, 0.3) is 5.56 Å². The first-order valence-electron chi connectivity index (χ1n) is 9.83. The van der Waals surface area contributed by atoms with Gasteiger partial charge in [-0.05, 0) is 29.3 Å². The predicted octanol–water partition coefficient (Wildman–Crippen LogP) is 3.96. The highest BCUT2D eigenvalue weighted by Crippen LogP contribution is 2.22. The largest absolute Gasteiger partial charge is 0.344 e. The monoisotopic (exact) mass is 413 g/mol. The molecule has 4 aromatic rings. The van der Waals surface area contributed by atoms with Crippen molar-refractivity contribution in [3.63, 3.8) is 0 Å². The molecule has 0 aliphatic rings. The van der Waals surface area contributed by atoms with Crippen LogP contribution < -0.4 is 10.9 Å². The van der Waals surface area contributed by atoms with Crippen LogP contribution in [-0.4, -0.2) is 15.7 Å². The summed E-state index contributed by atoms with van der Waals surface area (Å²) in [6, 6.07) is 27.3. The van der Waals surface area contributed by atoms with Crippen LogP contribution in [0.25, 0.3) is 11.3 Å². The number of carbonyl (C=O) groups excluding carboxylic acids is 1. The Bertz CT molecular complexity index is 1220. The Labute approximate surface area is 178 Å². The van der Waals surface area contributed by atoms with Crippen LogP contribution in [-0.2, 0) is 11.3 Å². The molecule has 5 nitrogen and oxygen atoms in total. The number of rotatable bonds is 6. The maximum atomic E-state index is 13.4. The molecule has 1 aromatic heterocycles. The molecule has 154 valence electrons. The summed E-state index contributed by atoms with van der Waals surface area (Å²) < 4.78 is 14.5. The van der Waals surface area contributed by atoms with Crippen LogP contribution in [0.15, 0.2) is 102 Å².